The molecular formula is C21H23ClN2O4. The number of carbonyl (C=O) groups is 2. The number of nitrogens with zero attached hydrogens (tertiary/aromatic N) is 1. The first-order chi connectivity index (χ1) is 13.3. The number of carbonyl (C=O) groups excluding carboxylic acids is 2. The summed E-state index contributed by atoms with van der Waals surface area (Å²) >= 11 is 6.08. The molecule has 0 aliphatic heterocycles. The summed E-state index contributed by atoms with van der Waals surface area (Å²) in [5, 5.41) is 3.05. The average Bonchev–Trinajstić information content (AvgIpc) is 2.68. The van der Waals surface area contributed by atoms with Crippen LogP contribution in [0.3, 0.4) is 0 Å². The highest BCUT2D eigenvalue weighted by atomic mass is 35.5. The summed E-state index contributed by atoms with van der Waals surface area (Å²) in [5.41, 5.74) is 1.59. The van der Waals surface area contributed by atoms with Crippen molar-refractivity contribution in [3.63, 3.8) is 0 Å². The molecule has 0 aliphatic carbocycles. The highest BCUT2D eigenvalue weighted by molar-refractivity contribution is 6.34. The monoisotopic (exact) mass is 402 g/mol. The summed E-state index contributed by atoms with van der Waals surface area (Å²) < 4.78 is 10.8. The van der Waals surface area contributed by atoms with E-state index >= 15 is 0 Å². The third-order valence-electron chi connectivity index (χ3n) is 3.79. The number of ether oxygens (including phenoxy) is 2. The molecule has 28 heavy (non-hydrogen) atoms. The van der Waals surface area contributed by atoms with Crippen LogP contribution in [0.1, 0.15) is 22.8 Å². The Kier molecular flexibility index (Phi) is 7.46. The lowest BCUT2D eigenvalue weighted by Gasteiger charge is -2.13. The average molecular weight is 403 g/mol. The van der Waals surface area contributed by atoms with Gasteiger partial charge in [-0.2, -0.15) is 0 Å². The second-order valence-corrected chi connectivity index (χ2v) is 6.47. The molecule has 2 aromatic rings. The summed E-state index contributed by atoms with van der Waals surface area (Å²) in [5.74, 6) is 0.663. The fraction of sp³-hybridized carbons (Fsp3) is 0.238. The summed E-state index contributed by atoms with van der Waals surface area (Å²) in [6, 6.07) is 10.2. The van der Waals surface area contributed by atoms with Crippen molar-refractivity contribution in [2.24, 2.45) is 0 Å². The van der Waals surface area contributed by atoms with E-state index in [1.807, 2.05) is 13.0 Å². The van der Waals surface area contributed by atoms with Gasteiger partial charge in [0.05, 0.1) is 24.3 Å². The summed E-state index contributed by atoms with van der Waals surface area (Å²) in [7, 11) is 4.83. The fourth-order valence-corrected chi connectivity index (χ4v) is 2.62. The lowest BCUT2D eigenvalue weighted by molar-refractivity contribution is -0.111. The Balaban J connectivity index is 2.12. The van der Waals surface area contributed by atoms with Crippen molar-refractivity contribution in [3.05, 3.63) is 58.6 Å². The first-order valence-electron chi connectivity index (χ1n) is 8.66. The molecule has 0 spiro atoms. The van der Waals surface area contributed by atoms with E-state index in [-0.39, 0.29) is 11.8 Å². The quantitative estimate of drug-likeness (QED) is 0.708. The van der Waals surface area contributed by atoms with Gasteiger partial charge in [-0.1, -0.05) is 17.7 Å². The highest BCUT2D eigenvalue weighted by Gasteiger charge is 2.13. The number of nitrogens with one attached hydrogen (secondary N) is 1. The molecule has 2 amide bonds. The molecule has 0 aliphatic rings. The first kappa shape index (κ1) is 21.3. The molecule has 2 rings (SSSR count). The second-order valence-electron chi connectivity index (χ2n) is 6.06. The van der Waals surface area contributed by atoms with E-state index in [1.54, 1.807) is 57.6 Å². The van der Waals surface area contributed by atoms with Crippen LogP contribution in [0.25, 0.3) is 6.08 Å². The molecule has 0 radical (unpaired) electrons. The number of methoxy groups -OCH3 is 1. The van der Waals surface area contributed by atoms with Gasteiger partial charge in [0, 0.05) is 25.9 Å². The van der Waals surface area contributed by atoms with Crippen LogP contribution < -0.4 is 14.8 Å². The van der Waals surface area contributed by atoms with Crippen molar-refractivity contribution >= 4 is 35.2 Å². The predicted molar refractivity (Wildman–Crippen MR) is 111 cm³/mol. The van der Waals surface area contributed by atoms with Crippen LogP contribution in [0, 0.1) is 0 Å². The van der Waals surface area contributed by atoms with E-state index in [0.29, 0.717) is 34.4 Å². The maximum Gasteiger partial charge on any atom is 0.254 e. The molecule has 0 fully saturated rings. The second kappa shape index (κ2) is 9.80. The van der Waals surface area contributed by atoms with E-state index in [0.717, 1.165) is 5.56 Å². The lowest BCUT2D eigenvalue weighted by Crippen LogP contribution is -2.22. The number of rotatable bonds is 7. The van der Waals surface area contributed by atoms with Gasteiger partial charge in [-0.3, -0.25) is 9.59 Å². The number of amides is 2. The molecule has 0 heterocycles. The molecule has 1 N–H and O–H groups in total. The van der Waals surface area contributed by atoms with E-state index in [9.17, 15) is 9.59 Å². The zero-order valence-corrected chi connectivity index (χ0v) is 17.0. The molecule has 0 bridgehead atoms. The number of benzene rings is 2. The third-order valence-corrected chi connectivity index (χ3v) is 4.11. The topological polar surface area (TPSA) is 67.9 Å². The summed E-state index contributed by atoms with van der Waals surface area (Å²) in [6.45, 7) is 2.43. The molecule has 0 unspecified atom stereocenters. The number of hydrogen-bond acceptors (Lipinski definition) is 4. The van der Waals surface area contributed by atoms with Crippen molar-refractivity contribution < 1.29 is 19.1 Å². The van der Waals surface area contributed by atoms with Crippen LogP contribution in [0.2, 0.25) is 5.02 Å². The lowest BCUT2D eigenvalue weighted by atomic mass is 10.1. The zero-order chi connectivity index (χ0) is 20.7. The van der Waals surface area contributed by atoms with Gasteiger partial charge in [-0.15, -0.1) is 0 Å². The summed E-state index contributed by atoms with van der Waals surface area (Å²) in [6.07, 6.45) is 3.06. The molecule has 6 nitrogen and oxygen atoms in total. The van der Waals surface area contributed by atoms with E-state index < -0.39 is 0 Å². The minimum Gasteiger partial charge on any atom is -0.493 e. The maximum atomic E-state index is 12.2. The number of anilines is 1. The van der Waals surface area contributed by atoms with E-state index in [2.05, 4.69) is 5.32 Å². The largest absolute Gasteiger partial charge is 0.493 e. The smallest absolute Gasteiger partial charge is 0.254 e. The van der Waals surface area contributed by atoms with Crippen LogP contribution >= 0.6 is 11.6 Å². The van der Waals surface area contributed by atoms with Gasteiger partial charge in [-0.05, 0) is 48.9 Å². The van der Waals surface area contributed by atoms with E-state index in [1.165, 1.54) is 11.0 Å². The van der Waals surface area contributed by atoms with Crippen LogP contribution in [0.15, 0.2) is 42.5 Å². The van der Waals surface area contributed by atoms with Crippen molar-refractivity contribution in [3.8, 4) is 11.5 Å². The fourth-order valence-electron chi connectivity index (χ4n) is 2.43. The molecule has 2 aromatic carbocycles. The Morgan fingerprint density at radius 3 is 2.54 bits per heavy atom. The van der Waals surface area contributed by atoms with Crippen LogP contribution in [-0.4, -0.2) is 44.5 Å². The van der Waals surface area contributed by atoms with Crippen molar-refractivity contribution in [2.75, 3.05) is 33.1 Å². The number of hydrogen-bond donors (Lipinski definition) is 1. The van der Waals surface area contributed by atoms with Crippen LogP contribution in [-0.2, 0) is 4.79 Å². The Labute approximate surface area is 169 Å². The van der Waals surface area contributed by atoms with Crippen LogP contribution in [0.5, 0.6) is 11.5 Å². The molecule has 0 aromatic heterocycles. The highest BCUT2D eigenvalue weighted by Crippen LogP contribution is 2.28. The molecular weight excluding hydrogens is 380 g/mol. The molecule has 0 saturated heterocycles. The summed E-state index contributed by atoms with van der Waals surface area (Å²) in [4.78, 5) is 25.8. The van der Waals surface area contributed by atoms with Gasteiger partial charge in [0.25, 0.3) is 5.91 Å². The standard InChI is InChI=1S/C21H23ClN2O4/c1-5-28-18-10-6-14(12-19(18)27-4)7-11-20(25)23-15-8-9-17(22)16(13-15)21(26)24(2)3/h6-13H,5H2,1-4H3,(H,23,25)/b11-7+. The van der Waals surface area contributed by atoms with Gasteiger partial charge in [0.2, 0.25) is 5.91 Å². The van der Waals surface area contributed by atoms with Gasteiger partial charge in [0.1, 0.15) is 0 Å². The van der Waals surface area contributed by atoms with Crippen LogP contribution in [0.4, 0.5) is 5.69 Å². The number of halogens is 1. The van der Waals surface area contributed by atoms with Crippen molar-refractivity contribution in [2.45, 2.75) is 6.92 Å². The Hall–Kier alpha value is -2.99. The molecule has 0 atom stereocenters. The van der Waals surface area contributed by atoms with Crippen molar-refractivity contribution in [1.29, 1.82) is 0 Å². The maximum absolute atomic E-state index is 12.2. The Morgan fingerprint density at radius 2 is 1.89 bits per heavy atom. The van der Waals surface area contributed by atoms with E-state index in [4.69, 9.17) is 21.1 Å². The molecule has 148 valence electrons. The van der Waals surface area contributed by atoms with Gasteiger partial charge in [-0.25, -0.2) is 0 Å². The normalized spacial score (nSPS) is 10.6. The Bertz CT molecular complexity index is 894. The first-order valence-corrected chi connectivity index (χ1v) is 9.04. The van der Waals surface area contributed by atoms with Crippen molar-refractivity contribution in [1.82, 2.24) is 4.90 Å². The van der Waals surface area contributed by atoms with Gasteiger partial charge in [0.15, 0.2) is 11.5 Å². The molecule has 7 heteroatoms. The molecule has 0 saturated carbocycles. The Morgan fingerprint density at radius 1 is 1.14 bits per heavy atom. The van der Waals surface area contributed by atoms with Gasteiger partial charge >= 0.3 is 0 Å². The minimum absolute atomic E-state index is 0.238. The SMILES string of the molecule is CCOc1ccc(/C=C/C(=O)Nc2ccc(Cl)c(C(=O)N(C)C)c2)cc1OC. The zero-order valence-electron chi connectivity index (χ0n) is 16.3. The minimum atomic E-state index is -0.335. The predicted octanol–water partition coefficient (Wildman–Crippen LogP) is 4.10. The van der Waals surface area contributed by atoms with Gasteiger partial charge < -0.3 is 19.7 Å². The third kappa shape index (κ3) is 5.50.